The van der Waals surface area contributed by atoms with Gasteiger partial charge in [0.1, 0.15) is 0 Å². The van der Waals surface area contributed by atoms with Crippen molar-refractivity contribution in [2.24, 2.45) is 0 Å². The summed E-state index contributed by atoms with van der Waals surface area (Å²) in [6.45, 7) is 0. The van der Waals surface area contributed by atoms with Gasteiger partial charge in [-0.3, -0.25) is 9.20 Å². The Morgan fingerprint density at radius 3 is 3.15 bits per heavy atom. The van der Waals surface area contributed by atoms with Crippen LogP contribution in [0.5, 0.6) is 0 Å². The van der Waals surface area contributed by atoms with Gasteiger partial charge in [0.15, 0.2) is 0 Å². The molecule has 0 aromatic carbocycles. The molecule has 0 unspecified atom stereocenters. The Kier molecular flexibility index (Phi) is 1.70. The van der Waals surface area contributed by atoms with Crippen molar-refractivity contribution in [2.45, 2.75) is 6.42 Å². The topological polar surface area (TPSA) is 67.5 Å². The first-order valence-corrected chi connectivity index (χ1v) is 3.76. The lowest BCUT2D eigenvalue weighted by Gasteiger charge is -1.85. The van der Waals surface area contributed by atoms with E-state index in [9.17, 15) is 4.79 Å². The lowest BCUT2D eigenvalue weighted by molar-refractivity contribution is -0.136. The highest BCUT2D eigenvalue weighted by Gasteiger charge is 2.05. The number of rotatable bonds is 2. The molecule has 2 rings (SSSR count). The fourth-order valence-electron chi connectivity index (χ4n) is 1.12. The van der Waals surface area contributed by atoms with Gasteiger partial charge in [0.25, 0.3) is 0 Å². The predicted octanol–water partition coefficient (Wildman–Crippen LogP) is 0.356. The van der Waals surface area contributed by atoms with Gasteiger partial charge in [0, 0.05) is 18.6 Å². The Balaban J connectivity index is 2.44. The number of hydrogen-bond donors (Lipinski definition) is 1. The summed E-state index contributed by atoms with van der Waals surface area (Å²) in [5.74, 6) is -0.359. The molecule has 0 aliphatic heterocycles. The minimum atomic E-state index is -0.886. The maximum atomic E-state index is 10.4. The molecule has 13 heavy (non-hydrogen) atoms. The highest BCUT2D eigenvalue weighted by atomic mass is 16.4. The minimum Gasteiger partial charge on any atom is -0.481 e. The fourth-order valence-corrected chi connectivity index (χ4v) is 1.12. The molecule has 0 spiro atoms. The molecule has 66 valence electrons. The normalized spacial score (nSPS) is 10.5. The van der Waals surface area contributed by atoms with Crippen LogP contribution in [0.1, 0.15) is 5.69 Å². The maximum Gasteiger partial charge on any atom is 0.309 e. The van der Waals surface area contributed by atoms with Crippen LogP contribution < -0.4 is 0 Å². The number of aliphatic carboxylic acids is 1. The largest absolute Gasteiger partial charge is 0.481 e. The molecule has 0 atom stereocenters. The van der Waals surface area contributed by atoms with Crippen LogP contribution in [0.2, 0.25) is 0 Å². The van der Waals surface area contributed by atoms with E-state index in [0.29, 0.717) is 11.5 Å². The van der Waals surface area contributed by atoms with E-state index in [1.54, 1.807) is 29.1 Å². The maximum absolute atomic E-state index is 10.4. The van der Waals surface area contributed by atoms with Crippen LogP contribution in [0.4, 0.5) is 0 Å². The van der Waals surface area contributed by atoms with Crippen molar-refractivity contribution in [3.05, 3.63) is 30.4 Å². The third-order valence-electron chi connectivity index (χ3n) is 1.62. The van der Waals surface area contributed by atoms with Crippen molar-refractivity contribution in [3.63, 3.8) is 0 Å². The van der Waals surface area contributed by atoms with Gasteiger partial charge in [0.05, 0.1) is 12.1 Å². The highest BCUT2D eigenvalue weighted by molar-refractivity contribution is 5.69. The quantitative estimate of drug-likeness (QED) is 0.719. The summed E-state index contributed by atoms with van der Waals surface area (Å²) in [5.41, 5.74) is 0.520. The van der Waals surface area contributed by atoms with Crippen LogP contribution in [0.15, 0.2) is 24.7 Å². The van der Waals surface area contributed by atoms with E-state index in [0.717, 1.165) is 0 Å². The molecule has 1 N–H and O–H groups in total. The molecular weight excluding hydrogens is 170 g/mol. The van der Waals surface area contributed by atoms with Gasteiger partial charge < -0.3 is 5.11 Å². The summed E-state index contributed by atoms with van der Waals surface area (Å²) in [6, 6.07) is 1.76. The Morgan fingerprint density at radius 2 is 2.46 bits per heavy atom. The Hall–Kier alpha value is -1.91. The van der Waals surface area contributed by atoms with Crippen LogP contribution >= 0.6 is 0 Å². The average molecular weight is 177 g/mol. The van der Waals surface area contributed by atoms with Gasteiger partial charge in [-0.15, -0.1) is 0 Å². The number of carboxylic acid groups (broad SMARTS) is 1. The summed E-state index contributed by atoms with van der Waals surface area (Å²) < 4.78 is 1.69. The van der Waals surface area contributed by atoms with Gasteiger partial charge in [-0.1, -0.05) is 0 Å². The lowest BCUT2D eigenvalue weighted by atomic mass is 10.3. The number of aromatic nitrogens is 3. The lowest BCUT2D eigenvalue weighted by Crippen LogP contribution is -1.99. The number of nitrogens with zero attached hydrogens (tertiary/aromatic N) is 3. The van der Waals surface area contributed by atoms with Gasteiger partial charge in [-0.05, 0) is 6.07 Å². The third-order valence-corrected chi connectivity index (χ3v) is 1.62. The van der Waals surface area contributed by atoms with E-state index in [1.165, 1.54) is 0 Å². The predicted molar refractivity (Wildman–Crippen MR) is 44.3 cm³/mol. The molecule has 2 aromatic rings. The summed E-state index contributed by atoms with van der Waals surface area (Å²) in [7, 11) is 0. The average Bonchev–Trinajstić information content (AvgIpc) is 2.44. The van der Waals surface area contributed by atoms with Crippen molar-refractivity contribution in [3.8, 4) is 0 Å². The molecule has 0 aliphatic rings. The van der Waals surface area contributed by atoms with Gasteiger partial charge in [-0.25, -0.2) is 9.97 Å². The number of fused-ring (bicyclic) bond motifs is 1. The zero-order valence-corrected chi connectivity index (χ0v) is 6.71. The smallest absolute Gasteiger partial charge is 0.309 e. The Morgan fingerprint density at radius 1 is 1.62 bits per heavy atom. The van der Waals surface area contributed by atoms with E-state index in [2.05, 4.69) is 9.97 Å². The first-order chi connectivity index (χ1) is 6.25. The van der Waals surface area contributed by atoms with Crippen molar-refractivity contribution in [1.29, 1.82) is 0 Å². The van der Waals surface area contributed by atoms with Crippen molar-refractivity contribution >= 4 is 11.7 Å². The van der Waals surface area contributed by atoms with Gasteiger partial charge in [0.2, 0.25) is 5.78 Å². The molecule has 2 heterocycles. The molecule has 2 aromatic heterocycles. The van der Waals surface area contributed by atoms with Crippen molar-refractivity contribution < 1.29 is 9.90 Å². The summed E-state index contributed by atoms with van der Waals surface area (Å²) in [4.78, 5) is 18.4. The number of carboxylic acids is 1. The van der Waals surface area contributed by atoms with Crippen LogP contribution in [-0.4, -0.2) is 25.4 Å². The zero-order chi connectivity index (χ0) is 9.26. The van der Waals surface area contributed by atoms with E-state index >= 15 is 0 Å². The molecular formula is C8H7N3O2. The number of hydrogen-bond acceptors (Lipinski definition) is 3. The Labute approximate surface area is 73.7 Å². The second-order valence-corrected chi connectivity index (χ2v) is 2.63. The molecule has 0 bridgehead atoms. The Bertz CT molecular complexity index is 416. The standard InChI is InChI=1S/C8H7N3O2/c12-7(13)4-6-5-11-3-1-2-9-8(11)10-6/h1-3,5H,4H2,(H,12,13). The molecule has 0 fully saturated rings. The van der Waals surface area contributed by atoms with Crippen LogP contribution in [0, 0.1) is 0 Å². The zero-order valence-electron chi connectivity index (χ0n) is 6.71. The highest BCUT2D eigenvalue weighted by Crippen LogP contribution is 2.01. The van der Waals surface area contributed by atoms with Gasteiger partial charge in [-0.2, -0.15) is 0 Å². The molecule has 0 saturated heterocycles. The molecule has 0 amide bonds. The van der Waals surface area contributed by atoms with Crippen molar-refractivity contribution in [2.75, 3.05) is 0 Å². The molecule has 0 radical (unpaired) electrons. The van der Waals surface area contributed by atoms with Gasteiger partial charge >= 0.3 is 5.97 Å². The van der Waals surface area contributed by atoms with Crippen molar-refractivity contribution in [1.82, 2.24) is 14.4 Å². The minimum absolute atomic E-state index is 0.0661. The summed E-state index contributed by atoms with van der Waals surface area (Å²) in [5, 5.41) is 8.52. The molecule has 0 saturated carbocycles. The number of imidazole rings is 1. The van der Waals surface area contributed by atoms with E-state index in [-0.39, 0.29) is 6.42 Å². The third kappa shape index (κ3) is 1.48. The SMILES string of the molecule is O=C(O)Cc1cn2cccnc2n1. The number of carbonyl (C=O) groups is 1. The first kappa shape index (κ1) is 7.72. The second kappa shape index (κ2) is 2.85. The van der Waals surface area contributed by atoms with E-state index < -0.39 is 5.97 Å². The van der Waals surface area contributed by atoms with Crippen LogP contribution in [0.3, 0.4) is 0 Å². The van der Waals surface area contributed by atoms with E-state index in [1.807, 2.05) is 0 Å². The van der Waals surface area contributed by atoms with Crippen LogP contribution in [0.25, 0.3) is 5.78 Å². The summed E-state index contributed by atoms with van der Waals surface area (Å²) in [6.07, 6.45) is 4.99. The first-order valence-electron chi connectivity index (χ1n) is 3.76. The molecule has 5 nitrogen and oxygen atoms in total. The van der Waals surface area contributed by atoms with Crippen LogP contribution in [-0.2, 0) is 11.2 Å². The second-order valence-electron chi connectivity index (χ2n) is 2.63. The van der Waals surface area contributed by atoms with E-state index in [4.69, 9.17) is 5.11 Å². The monoisotopic (exact) mass is 177 g/mol. The molecule has 5 heteroatoms. The fraction of sp³-hybridized carbons (Fsp3) is 0.125. The molecule has 0 aliphatic carbocycles. The summed E-state index contributed by atoms with van der Waals surface area (Å²) >= 11 is 0.